The van der Waals surface area contributed by atoms with Crippen LogP contribution in [0.5, 0.6) is 23.0 Å². The number of carboxylic acid groups (broad SMARTS) is 2. The fraction of sp³-hybridized carbons (Fsp3) is 0.257. The molecule has 6 atom stereocenters. The number of ether oxygens (including phenoxy) is 1. The van der Waals surface area contributed by atoms with Gasteiger partial charge in [0.1, 0.15) is 22.6 Å². The van der Waals surface area contributed by atoms with Gasteiger partial charge in [-0.15, -0.1) is 0 Å². The van der Waals surface area contributed by atoms with E-state index in [0.29, 0.717) is 11.1 Å². The number of carboxylic acids is 2. The maximum atomic E-state index is 14.3. The van der Waals surface area contributed by atoms with Gasteiger partial charge in [0.2, 0.25) is 23.6 Å². The lowest BCUT2D eigenvalue weighted by atomic mass is 9.57. The molecule has 2 saturated heterocycles. The van der Waals surface area contributed by atoms with E-state index in [-0.39, 0.29) is 40.7 Å². The summed E-state index contributed by atoms with van der Waals surface area (Å²) in [6.45, 7) is 0. The molecule has 256 valence electrons. The maximum Gasteiger partial charge on any atom is 0.339 e. The SMILES string of the molecule is COc1cc([C@H]2C3=CC[C@@H]4C(=O)N(c5ccc(C(=O)O)c(O)c5)C(=O)[C@@H]4[C@@H]3C[C@H]3C(=O)N(c4ccc(C(=O)O)c(O)c4)C(=O)[C@@H]23)cc(Cl)c1O. The number of benzene rings is 3. The molecule has 5 N–H and O–H groups in total. The third-order valence-electron chi connectivity index (χ3n) is 10.2. The molecular weight excluding hydrogens is 676 g/mol. The van der Waals surface area contributed by atoms with Gasteiger partial charge in [0.25, 0.3) is 0 Å². The Morgan fingerprint density at radius 2 is 1.28 bits per heavy atom. The molecule has 50 heavy (non-hydrogen) atoms. The van der Waals surface area contributed by atoms with Gasteiger partial charge in [0.15, 0.2) is 11.5 Å². The molecule has 14 nitrogen and oxygen atoms in total. The first-order valence-corrected chi connectivity index (χ1v) is 15.8. The Morgan fingerprint density at radius 1 is 0.740 bits per heavy atom. The van der Waals surface area contributed by atoms with Crippen molar-refractivity contribution in [1.29, 1.82) is 0 Å². The van der Waals surface area contributed by atoms with Gasteiger partial charge in [-0.2, -0.15) is 0 Å². The highest BCUT2D eigenvalue weighted by Gasteiger charge is 2.62. The Labute approximate surface area is 287 Å². The summed E-state index contributed by atoms with van der Waals surface area (Å²) in [6.07, 6.45) is 1.84. The molecule has 3 fully saturated rings. The summed E-state index contributed by atoms with van der Waals surface area (Å²) in [6, 6.07) is 9.59. The van der Waals surface area contributed by atoms with Crippen LogP contribution in [0, 0.1) is 29.6 Å². The first-order valence-electron chi connectivity index (χ1n) is 15.4. The second-order valence-corrected chi connectivity index (χ2v) is 13.0. The zero-order valence-corrected chi connectivity index (χ0v) is 26.7. The number of hydrogen-bond acceptors (Lipinski definition) is 10. The van der Waals surface area contributed by atoms with Crippen LogP contribution in [0.3, 0.4) is 0 Å². The van der Waals surface area contributed by atoms with Crippen molar-refractivity contribution in [3.63, 3.8) is 0 Å². The first-order chi connectivity index (χ1) is 23.7. The molecule has 0 radical (unpaired) electrons. The Balaban J connectivity index is 1.34. The summed E-state index contributed by atoms with van der Waals surface area (Å²) in [7, 11) is 1.31. The topological polar surface area (TPSA) is 219 Å². The number of allylic oxidation sites excluding steroid dienone is 2. The minimum atomic E-state index is -1.41. The molecular formula is C35H27ClN2O12. The molecule has 0 bridgehead atoms. The number of anilines is 2. The molecule has 2 aliphatic carbocycles. The third kappa shape index (κ3) is 4.70. The molecule has 2 heterocycles. The lowest BCUT2D eigenvalue weighted by molar-refractivity contribution is -0.126. The summed E-state index contributed by atoms with van der Waals surface area (Å²) < 4.78 is 5.33. The summed E-state index contributed by atoms with van der Waals surface area (Å²) >= 11 is 6.39. The highest BCUT2D eigenvalue weighted by atomic mass is 35.5. The van der Waals surface area contributed by atoms with Crippen LogP contribution in [0.15, 0.2) is 60.2 Å². The van der Waals surface area contributed by atoms with Crippen LogP contribution >= 0.6 is 11.6 Å². The number of nitrogens with zero attached hydrogens (tertiary/aromatic N) is 2. The Hall–Kier alpha value is -5.89. The molecule has 3 aromatic carbocycles. The van der Waals surface area contributed by atoms with Crippen LogP contribution in [0.2, 0.25) is 5.02 Å². The summed E-state index contributed by atoms with van der Waals surface area (Å²) in [5, 5.41) is 49.8. The number of halogens is 1. The summed E-state index contributed by atoms with van der Waals surface area (Å²) in [5.41, 5.74) is 0.0464. The van der Waals surface area contributed by atoms with Crippen molar-refractivity contribution < 1.29 is 59.0 Å². The van der Waals surface area contributed by atoms with Crippen LogP contribution in [-0.2, 0) is 19.2 Å². The molecule has 3 aromatic rings. The first kappa shape index (κ1) is 32.6. The molecule has 15 heteroatoms. The van der Waals surface area contributed by atoms with Crippen molar-refractivity contribution in [2.24, 2.45) is 29.6 Å². The fourth-order valence-electron chi connectivity index (χ4n) is 8.08. The minimum Gasteiger partial charge on any atom is -0.507 e. The highest BCUT2D eigenvalue weighted by molar-refractivity contribution is 6.32. The van der Waals surface area contributed by atoms with Gasteiger partial charge < -0.3 is 30.3 Å². The monoisotopic (exact) mass is 702 g/mol. The van der Waals surface area contributed by atoms with Gasteiger partial charge in [0.05, 0.1) is 47.2 Å². The number of phenolic OH excluding ortho intramolecular Hbond substituents is 1. The standard InChI is InChI=1S/C35H27ClN2O12/c1-50-25-9-13(8-22(36)29(25)41)26-16-6-7-19-27(32(44)37(30(19)42)14-2-4-17(34(46)47)23(39)10-14)20(16)12-21-28(26)33(45)38(31(21)43)15-3-5-18(35(48)49)24(40)11-15/h2-6,8-11,19-21,26-28,39-41H,7,12H2,1H3,(H,46,47)(H,48,49)/t19-,20+,21+,26-,27-,28+/m0/s1. The van der Waals surface area contributed by atoms with Gasteiger partial charge in [0, 0.05) is 18.1 Å². The molecule has 4 aliphatic rings. The van der Waals surface area contributed by atoms with Crippen molar-refractivity contribution >= 4 is 58.5 Å². The number of imide groups is 2. The van der Waals surface area contributed by atoms with Crippen molar-refractivity contribution in [3.8, 4) is 23.0 Å². The van der Waals surface area contributed by atoms with E-state index in [1.54, 1.807) is 6.08 Å². The average Bonchev–Trinajstić information content (AvgIpc) is 3.47. The quantitative estimate of drug-likeness (QED) is 0.182. The van der Waals surface area contributed by atoms with Gasteiger partial charge >= 0.3 is 11.9 Å². The number of amides is 4. The van der Waals surface area contributed by atoms with Crippen molar-refractivity contribution in [2.45, 2.75) is 18.8 Å². The van der Waals surface area contributed by atoms with Gasteiger partial charge in [-0.25, -0.2) is 19.4 Å². The van der Waals surface area contributed by atoms with E-state index < -0.39 is 93.7 Å². The summed E-state index contributed by atoms with van der Waals surface area (Å²) in [5.74, 6) is -12.6. The number of fused-ring (bicyclic) bond motifs is 4. The largest absolute Gasteiger partial charge is 0.507 e. The lowest BCUT2D eigenvalue weighted by Crippen LogP contribution is -2.43. The van der Waals surface area contributed by atoms with E-state index in [1.807, 2.05) is 0 Å². The zero-order valence-electron chi connectivity index (χ0n) is 25.9. The Bertz CT molecular complexity index is 2110. The van der Waals surface area contributed by atoms with E-state index in [0.717, 1.165) is 34.1 Å². The fourth-order valence-corrected chi connectivity index (χ4v) is 8.30. The van der Waals surface area contributed by atoms with Gasteiger partial charge in [-0.3, -0.25) is 19.2 Å². The van der Waals surface area contributed by atoms with Crippen LogP contribution in [0.1, 0.15) is 45.0 Å². The van der Waals surface area contributed by atoms with Crippen molar-refractivity contribution in [1.82, 2.24) is 0 Å². The third-order valence-corrected chi connectivity index (χ3v) is 10.5. The van der Waals surface area contributed by atoms with Crippen LogP contribution < -0.4 is 14.5 Å². The van der Waals surface area contributed by atoms with Gasteiger partial charge in [-0.05, 0) is 60.7 Å². The lowest BCUT2D eigenvalue weighted by Gasteiger charge is -2.44. The second-order valence-electron chi connectivity index (χ2n) is 12.6. The number of phenols is 3. The number of hydrogen-bond donors (Lipinski definition) is 5. The molecule has 2 aliphatic heterocycles. The number of aromatic carboxylic acids is 2. The minimum absolute atomic E-state index is 0.00817. The molecule has 7 rings (SSSR count). The predicted octanol–water partition coefficient (Wildman–Crippen LogP) is 3.91. The van der Waals surface area contributed by atoms with Crippen molar-refractivity contribution in [3.05, 3.63) is 81.9 Å². The van der Waals surface area contributed by atoms with E-state index in [9.17, 15) is 54.3 Å². The molecule has 1 saturated carbocycles. The Morgan fingerprint density at radius 3 is 1.80 bits per heavy atom. The smallest absolute Gasteiger partial charge is 0.339 e. The average molecular weight is 703 g/mol. The van der Waals surface area contributed by atoms with Gasteiger partial charge in [-0.1, -0.05) is 23.3 Å². The zero-order chi connectivity index (χ0) is 35.9. The number of rotatable bonds is 6. The van der Waals surface area contributed by atoms with Crippen LogP contribution in [0.25, 0.3) is 0 Å². The maximum absolute atomic E-state index is 14.3. The number of carbonyl (C=O) groups is 6. The molecule has 4 amide bonds. The number of aromatic hydroxyl groups is 3. The molecule has 0 spiro atoms. The normalized spacial score (nSPS) is 25.6. The number of methoxy groups -OCH3 is 1. The van der Waals surface area contributed by atoms with E-state index in [1.165, 1.54) is 31.4 Å². The van der Waals surface area contributed by atoms with E-state index in [2.05, 4.69) is 0 Å². The highest BCUT2D eigenvalue weighted by Crippen LogP contribution is 2.59. The van der Waals surface area contributed by atoms with Crippen LogP contribution in [-0.4, -0.2) is 68.2 Å². The molecule has 0 aromatic heterocycles. The van der Waals surface area contributed by atoms with E-state index in [4.69, 9.17) is 16.3 Å². The van der Waals surface area contributed by atoms with E-state index >= 15 is 0 Å². The van der Waals surface area contributed by atoms with Crippen LogP contribution in [0.4, 0.5) is 11.4 Å². The molecule has 0 unspecified atom stereocenters. The Kier molecular flexibility index (Phi) is 7.59. The van der Waals surface area contributed by atoms with Crippen molar-refractivity contribution in [2.75, 3.05) is 16.9 Å². The summed E-state index contributed by atoms with van der Waals surface area (Å²) in [4.78, 5) is 81.2. The predicted molar refractivity (Wildman–Crippen MR) is 172 cm³/mol. The number of carbonyl (C=O) groups excluding carboxylic acids is 4. The second kappa shape index (κ2) is 11.6.